The fourth-order valence-corrected chi connectivity index (χ4v) is 2.16. The minimum atomic E-state index is -0.0782. The second-order valence-electron chi connectivity index (χ2n) is 5.26. The molecule has 0 amide bonds. The van der Waals surface area contributed by atoms with E-state index in [-0.39, 0.29) is 18.1 Å². The molecule has 7 heteroatoms. The van der Waals surface area contributed by atoms with Gasteiger partial charge in [0.2, 0.25) is 0 Å². The summed E-state index contributed by atoms with van der Waals surface area (Å²) in [4.78, 5) is 16.4. The van der Waals surface area contributed by atoms with Gasteiger partial charge in [0.1, 0.15) is 11.5 Å². The van der Waals surface area contributed by atoms with Crippen LogP contribution in [0.3, 0.4) is 0 Å². The van der Waals surface area contributed by atoms with E-state index in [0.717, 1.165) is 5.69 Å². The first-order chi connectivity index (χ1) is 11.5. The number of benzene rings is 1. The molecule has 0 saturated carbocycles. The Morgan fingerprint density at radius 2 is 2.00 bits per heavy atom. The average Bonchev–Trinajstić information content (AvgIpc) is 2.59. The smallest absolute Gasteiger partial charge is 0.255 e. The predicted molar refractivity (Wildman–Crippen MR) is 94.9 cm³/mol. The van der Waals surface area contributed by atoms with Gasteiger partial charge in [-0.2, -0.15) is 0 Å². The van der Waals surface area contributed by atoms with E-state index in [1.54, 1.807) is 50.1 Å². The molecule has 0 saturated heterocycles. The van der Waals surface area contributed by atoms with Crippen molar-refractivity contribution in [3.63, 3.8) is 0 Å². The number of methoxy groups -OCH3 is 2. The van der Waals surface area contributed by atoms with E-state index in [2.05, 4.69) is 10.3 Å². The Morgan fingerprint density at radius 1 is 1.25 bits per heavy atom. The Hall–Kier alpha value is -2.96. The van der Waals surface area contributed by atoms with Crippen LogP contribution in [0.2, 0.25) is 0 Å². The number of nitrogens with two attached hydrogens (primary N) is 1. The zero-order valence-corrected chi connectivity index (χ0v) is 14.3. The highest BCUT2D eigenvalue weighted by Gasteiger charge is 2.07. The molecule has 2 aromatic rings. The monoisotopic (exact) mass is 330 g/mol. The normalized spacial score (nSPS) is 11.2. The maximum atomic E-state index is 12.1. The molecule has 1 aromatic carbocycles. The maximum Gasteiger partial charge on any atom is 0.255 e. The average molecular weight is 330 g/mol. The molecule has 128 valence electrons. The summed E-state index contributed by atoms with van der Waals surface area (Å²) in [5.74, 6) is 1.46. The number of guanidine groups is 1. The third kappa shape index (κ3) is 3.87. The van der Waals surface area contributed by atoms with Crippen LogP contribution in [0.1, 0.15) is 11.3 Å². The number of aromatic nitrogens is 1. The van der Waals surface area contributed by atoms with E-state index in [4.69, 9.17) is 15.2 Å². The Balaban J connectivity index is 2.18. The zero-order valence-electron chi connectivity index (χ0n) is 14.3. The molecule has 2 rings (SSSR count). The number of nitrogens with zero attached hydrogens (tertiary/aromatic N) is 2. The number of anilines is 1. The van der Waals surface area contributed by atoms with Gasteiger partial charge in [-0.1, -0.05) is 0 Å². The minimum absolute atomic E-state index is 0.0782. The summed E-state index contributed by atoms with van der Waals surface area (Å²) in [6.45, 7) is 2.07. The lowest BCUT2D eigenvalue weighted by atomic mass is 10.2. The van der Waals surface area contributed by atoms with Crippen LogP contribution in [0.5, 0.6) is 11.5 Å². The van der Waals surface area contributed by atoms with Crippen LogP contribution in [0.4, 0.5) is 5.69 Å². The van der Waals surface area contributed by atoms with Gasteiger partial charge in [-0.05, 0) is 31.2 Å². The standard InChI is InChI=1S/C17H22N4O3/c1-11-5-6-12(16(22)21(11)2)10-19-17(18)20-14-9-13(23-3)7-8-15(14)24-4/h5-9H,10H2,1-4H3,(H3,18,19,20). The molecule has 0 aliphatic rings. The van der Waals surface area contributed by atoms with Crippen molar-refractivity contribution in [3.05, 3.63) is 51.9 Å². The number of hydrogen-bond donors (Lipinski definition) is 2. The van der Waals surface area contributed by atoms with Crippen molar-refractivity contribution in [2.24, 2.45) is 17.8 Å². The van der Waals surface area contributed by atoms with E-state index < -0.39 is 0 Å². The van der Waals surface area contributed by atoms with Crippen molar-refractivity contribution < 1.29 is 9.47 Å². The number of nitrogens with one attached hydrogen (secondary N) is 1. The molecule has 0 atom stereocenters. The summed E-state index contributed by atoms with van der Waals surface area (Å²) in [6, 6.07) is 8.95. The van der Waals surface area contributed by atoms with Crippen molar-refractivity contribution >= 4 is 11.6 Å². The topological polar surface area (TPSA) is 90.9 Å². The molecule has 0 spiro atoms. The van der Waals surface area contributed by atoms with Gasteiger partial charge in [-0.3, -0.25) is 4.79 Å². The fraction of sp³-hybridized carbons (Fsp3) is 0.294. The van der Waals surface area contributed by atoms with Gasteiger partial charge >= 0.3 is 0 Å². The van der Waals surface area contributed by atoms with Gasteiger partial charge in [-0.15, -0.1) is 0 Å². The van der Waals surface area contributed by atoms with Crippen LogP contribution in [0, 0.1) is 6.92 Å². The second-order valence-corrected chi connectivity index (χ2v) is 5.26. The molecule has 0 aliphatic heterocycles. The van der Waals surface area contributed by atoms with E-state index >= 15 is 0 Å². The van der Waals surface area contributed by atoms with Gasteiger partial charge in [-0.25, -0.2) is 4.99 Å². The molecular weight excluding hydrogens is 308 g/mol. The summed E-state index contributed by atoms with van der Waals surface area (Å²) >= 11 is 0. The van der Waals surface area contributed by atoms with Gasteiger partial charge in [0.25, 0.3) is 5.56 Å². The molecule has 24 heavy (non-hydrogen) atoms. The van der Waals surface area contributed by atoms with Gasteiger partial charge in [0.05, 0.1) is 26.5 Å². The number of aryl methyl sites for hydroxylation is 1. The summed E-state index contributed by atoms with van der Waals surface area (Å²) in [6.07, 6.45) is 0. The maximum absolute atomic E-state index is 12.1. The molecule has 0 radical (unpaired) electrons. The molecule has 0 aliphatic carbocycles. The van der Waals surface area contributed by atoms with Crippen LogP contribution in [-0.4, -0.2) is 24.7 Å². The van der Waals surface area contributed by atoms with Crippen LogP contribution < -0.4 is 26.1 Å². The summed E-state index contributed by atoms with van der Waals surface area (Å²) in [5.41, 5.74) is 7.94. The first-order valence-corrected chi connectivity index (χ1v) is 7.40. The summed E-state index contributed by atoms with van der Waals surface area (Å²) in [7, 11) is 4.88. The molecule has 0 bridgehead atoms. The lowest BCUT2D eigenvalue weighted by molar-refractivity contribution is 0.405. The first-order valence-electron chi connectivity index (χ1n) is 7.40. The lowest BCUT2D eigenvalue weighted by Gasteiger charge is -2.12. The molecule has 0 unspecified atom stereocenters. The predicted octanol–water partition coefficient (Wildman–Crippen LogP) is 1.64. The number of pyridine rings is 1. The Labute approximate surface area is 140 Å². The van der Waals surface area contributed by atoms with Crippen molar-refractivity contribution in [3.8, 4) is 11.5 Å². The van der Waals surface area contributed by atoms with E-state index in [0.29, 0.717) is 22.7 Å². The van der Waals surface area contributed by atoms with E-state index in [1.165, 1.54) is 0 Å². The molecule has 3 N–H and O–H groups in total. The van der Waals surface area contributed by atoms with Gasteiger partial charge in [0.15, 0.2) is 5.96 Å². The number of ether oxygens (including phenoxy) is 2. The third-order valence-electron chi connectivity index (χ3n) is 3.72. The van der Waals surface area contributed by atoms with E-state index in [1.807, 2.05) is 13.0 Å². The summed E-state index contributed by atoms with van der Waals surface area (Å²) in [5, 5.41) is 2.97. The van der Waals surface area contributed by atoms with Crippen LogP contribution in [0.15, 0.2) is 40.1 Å². The van der Waals surface area contributed by atoms with Crippen molar-refractivity contribution in [1.82, 2.24) is 4.57 Å². The molecule has 1 heterocycles. The van der Waals surface area contributed by atoms with Crippen molar-refractivity contribution in [2.75, 3.05) is 19.5 Å². The van der Waals surface area contributed by atoms with Gasteiger partial charge < -0.3 is 25.1 Å². The summed E-state index contributed by atoms with van der Waals surface area (Å²) < 4.78 is 12.0. The minimum Gasteiger partial charge on any atom is -0.497 e. The second kappa shape index (κ2) is 7.54. The van der Waals surface area contributed by atoms with Crippen LogP contribution in [-0.2, 0) is 13.6 Å². The highest BCUT2D eigenvalue weighted by Crippen LogP contribution is 2.28. The molecule has 0 fully saturated rings. The number of rotatable bonds is 5. The first kappa shape index (κ1) is 17.4. The number of hydrogen-bond acceptors (Lipinski definition) is 4. The highest BCUT2D eigenvalue weighted by atomic mass is 16.5. The molecule has 7 nitrogen and oxygen atoms in total. The van der Waals surface area contributed by atoms with E-state index in [9.17, 15) is 4.79 Å². The molecule has 1 aromatic heterocycles. The fourth-order valence-electron chi connectivity index (χ4n) is 2.16. The Bertz CT molecular complexity index is 812. The largest absolute Gasteiger partial charge is 0.497 e. The van der Waals surface area contributed by atoms with Crippen molar-refractivity contribution in [1.29, 1.82) is 0 Å². The quantitative estimate of drug-likeness (QED) is 0.642. The van der Waals surface area contributed by atoms with Crippen LogP contribution in [0.25, 0.3) is 0 Å². The highest BCUT2D eigenvalue weighted by molar-refractivity contribution is 5.94. The van der Waals surface area contributed by atoms with Crippen molar-refractivity contribution in [2.45, 2.75) is 13.5 Å². The Morgan fingerprint density at radius 3 is 2.67 bits per heavy atom. The van der Waals surface area contributed by atoms with Crippen LogP contribution >= 0.6 is 0 Å². The third-order valence-corrected chi connectivity index (χ3v) is 3.72. The SMILES string of the molecule is COc1ccc(OC)c(NC(N)=NCc2ccc(C)n(C)c2=O)c1. The lowest BCUT2D eigenvalue weighted by Crippen LogP contribution is -2.25. The number of aliphatic imine (C=N–C) groups is 1. The van der Waals surface area contributed by atoms with Gasteiger partial charge in [0, 0.05) is 24.4 Å². The Kier molecular flexibility index (Phi) is 5.47. The zero-order chi connectivity index (χ0) is 17.7. The molecular formula is C17H22N4O3.